The van der Waals surface area contributed by atoms with E-state index in [0.29, 0.717) is 16.3 Å². The van der Waals surface area contributed by atoms with Crippen molar-refractivity contribution in [3.8, 4) is 6.07 Å². The molecule has 1 aliphatic heterocycles. The fraction of sp³-hybridized carbons (Fsp3) is 0.429. The van der Waals surface area contributed by atoms with E-state index in [1.165, 1.54) is 7.11 Å². The Bertz CT molecular complexity index is 525. The number of rotatable bonds is 2. The van der Waals surface area contributed by atoms with Crippen LogP contribution >= 0.6 is 11.6 Å². The van der Waals surface area contributed by atoms with Crippen molar-refractivity contribution < 1.29 is 9.53 Å². The van der Waals surface area contributed by atoms with E-state index < -0.39 is 0 Å². The summed E-state index contributed by atoms with van der Waals surface area (Å²) in [6.07, 6.45) is 2.72. The maximum absolute atomic E-state index is 11.9. The number of halogens is 1. The standard InChI is InChI=1S/C14H15ClN2O2/c1-19-14(18)13-6-2-3-8-17(13)12-7-4-5-11(15)10(12)9-16/h4-5,7,13H,2-3,6,8H2,1H3. The quantitative estimate of drug-likeness (QED) is 0.781. The van der Waals surface area contributed by atoms with Crippen LogP contribution in [0.1, 0.15) is 24.8 Å². The molecule has 1 unspecified atom stereocenters. The molecule has 0 spiro atoms. The first-order valence-electron chi connectivity index (χ1n) is 6.22. The SMILES string of the molecule is COC(=O)C1CCCCN1c1cccc(Cl)c1C#N. The lowest BCUT2D eigenvalue weighted by Crippen LogP contribution is -2.45. The van der Waals surface area contributed by atoms with Crippen molar-refractivity contribution in [1.82, 2.24) is 0 Å². The molecule has 5 heteroatoms. The molecular weight excluding hydrogens is 264 g/mol. The van der Waals surface area contributed by atoms with Crippen LogP contribution in [0.25, 0.3) is 0 Å². The van der Waals surface area contributed by atoms with E-state index in [9.17, 15) is 10.1 Å². The van der Waals surface area contributed by atoms with Gasteiger partial charge in [0, 0.05) is 6.54 Å². The number of hydrogen-bond acceptors (Lipinski definition) is 4. The summed E-state index contributed by atoms with van der Waals surface area (Å²) in [6, 6.07) is 7.08. The number of nitrogens with zero attached hydrogens (tertiary/aromatic N) is 2. The Kier molecular flexibility index (Phi) is 4.28. The number of carbonyl (C=O) groups excluding carboxylic acids is 1. The third-order valence-electron chi connectivity index (χ3n) is 3.39. The van der Waals surface area contributed by atoms with Crippen molar-refractivity contribution in [3.63, 3.8) is 0 Å². The summed E-state index contributed by atoms with van der Waals surface area (Å²) in [5, 5.41) is 9.65. The number of nitriles is 1. The van der Waals surface area contributed by atoms with Gasteiger partial charge in [0.1, 0.15) is 12.1 Å². The Morgan fingerprint density at radius 3 is 3.00 bits per heavy atom. The van der Waals surface area contributed by atoms with Gasteiger partial charge in [-0.2, -0.15) is 5.26 Å². The molecule has 0 saturated carbocycles. The van der Waals surface area contributed by atoms with Crippen LogP contribution in [0.4, 0.5) is 5.69 Å². The van der Waals surface area contributed by atoms with E-state index in [1.807, 2.05) is 11.0 Å². The Balaban J connectivity index is 2.41. The summed E-state index contributed by atoms with van der Waals surface area (Å²) in [5.41, 5.74) is 1.13. The van der Waals surface area contributed by atoms with Crippen molar-refractivity contribution in [1.29, 1.82) is 5.26 Å². The van der Waals surface area contributed by atoms with Gasteiger partial charge in [0.15, 0.2) is 0 Å². The van der Waals surface area contributed by atoms with E-state index in [2.05, 4.69) is 6.07 Å². The molecule has 2 rings (SSSR count). The summed E-state index contributed by atoms with van der Waals surface area (Å²) < 4.78 is 4.85. The van der Waals surface area contributed by atoms with Gasteiger partial charge in [-0.1, -0.05) is 17.7 Å². The lowest BCUT2D eigenvalue weighted by atomic mass is 10.00. The molecule has 1 fully saturated rings. The Morgan fingerprint density at radius 2 is 2.32 bits per heavy atom. The molecule has 1 aromatic carbocycles. The highest BCUT2D eigenvalue weighted by Crippen LogP contribution is 2.31. The lowest BCUT2D eigenvalue weighted by Gasteiger charge is -2.36. The smallest absolute Gasteiger partial charge is 0.328 e. The van der Waals surface area contributed by atoms with Crippen LogP contribution in [0.5, 0.6) is 0 Å². The van der Waals surface area contributed by atoms with Gasteiger partial charge in [0.05, 0.1) is 23.4 Å². The van der Waals surface area contributed by atoms with Crippen LogP contribution in [-0.2, 0) is 9.53 Å². The summed E-state index contributed by atoms with van der Waals surface area (Å²) in [7, 11) is 1.39. The molecular formula is C14H15ClN2O2. The van der Waals surface area contributed by atoms with Crippen LogP contribution in [0, 0.1) is 11.3 Å². The first kappa shape index (κ1) is 13.7. The molecule has 0 aromatic heterocycles. The molecule has 0 bridgehead atoms. The zero-order valence-electron chi connectivity index (χ0n) is 10.7. The van der Waals surface area contributed by atoms with Crippen molar-refractivity contribution in [2.24, 2.45) is 0 Å². The second kappa shape index (κ2) is 5.94. The maximum atomic E-state index is 11.9. The topological polar surface area (TPSA) is 53.3 Å². The van der Waals surface area contributed by atoms with Crippen LogP contribution in [0.3, 0.4) is 0 Å². The van der Waals surface area contributed by atoms with Crippen LogP contribution < -0.4 is 4.90 Å². The average Bonchev–Trinajstić information content (AvgIpc) is 2.46. The Labute approximate surface area is 117 Å². The number of ether oxygens (including phenoxy) is 1. The van der Waals surface area contributed by atoms with Gasteiger partial charge < -0.3 is 9.64 Å². The number of benzene rings is 1. The van der Waals surface area contributed by atoms with Crippen LogP contribution in [-0.4, -0.2) is 25.7 Å². The van der Waals surface area contributed by atoms with Gasteiger partial charge in [-0.05, 0) is 31.4 Å². The first-order chi connectivity index (χ1) is 9.19. The van der Waals surface area contributed by atoms with Gasteiger partial charge in [-0.25, -0.2) is 4.79 Å². The second-order valence-electron chi connectivity index (χ2n) is 4.47. The van der Waals surface area contributed by atoms with Gasteiger partial charge in [-0.15, -0.1) is 0 Å². The number of piperidine rings is 1. The zero-order chi connectivity index (χ0) is 13.8. The number of methoxy groups -OCH3 is 1. The van der Waals surface area contributed by atoms with Crippen molar-refractivity contribution in [3.05, 3.63) is 28.8 Å². The minimum atomic E-state index is -0.329. The fourth-order valence-electron chi connectivity index (χ4n) is 2.46. The van der Waals surface area contributed by atoms with Crippen molar-refractivity contribution in [2.75, 3.05) is 18.6 Å². The van der Waals surface area contributed by atoms with E-state index in [4.69, 9.17) is 16.3 Å². The van der Waals surface area contributed by atoms with Crippen molar-refractivity contribution >= 4 is 23.3 Å². The number of carbonyl (C=O) groups is 1. The fourth-order valence-corrected chi connectivity index (χ4v) is 2.68. The zero-order valence-corrected chi connectivity index (χ0v) is 11.5. The highest BCUT2D eigenvalue weighted by Gasteiger charge is 2.31. The van der Waals surface area contributed by atoms with E-state index in [1.54, 1.807) is 12.1 Å². The molecule has 0 amide bonds. The minimum Gasteiger partial charge on any atom is -0.467 e. The molecule has 0 aliphatic carbocycles. The largest absolute Gasteiger partial charge is 0.467 e. The number of hydrogen-bond donors (Lipinski definition) is 0. The molecule has 0 N–H and O–H groups in total. The predicted molar refractivity (Wildman–Crippen MR) is 73.2 cm³/mol. The van der Waals surface area contributed by atoms with Gasteiger partial charge in [0.25, 0.3) is 0 Å². The third-order valence-corrected chi connectivity index (χ3v) is 3.70. The summed E-state index contributed by atoms with van der Waals surface area (Å²) in [5.74, 6) is -0.261. The lowest BCUT2D eigenvalue weighted by molar-refractivity contribution is -0.142. The third kappa shape index (κ3) is 2.66. The summed E-state index contributed by atoms with van der Waals surface area (Å²) in [4.78, 5) is 13.8. The molecule has 1 aromatic rings. The average molecular weight is 279 g/mol. The molecule has 1 saturated heterocycles. The minimum absolute atomic E-state index is 0.261. The normalized spacial score (nSPS) is 18.8. The van der Waals surface area contributed by atoms with Gasteiger partial charge in [0.2, 0.25) is 0 Å². The van der Waals surface area contributed by atoms with Gasteiger partial charge in [-0.3, -0.25) is 0 Å². The summed E-state index contributed by atoms with van der Waals surface area (Å²) in [6.45, 7) is 0.731. The highest BCUT2D eigenvalue weighted by atomic mass is 35.5. The van der Waals surface area contributed by atoms with Crippen LogP contribution in [0.15, 0.2) is 18.2 Å². The van der Waals surface area contributed by atoms with E-state index in [-0.39, 0.29) is 12.0 Å². The Hall–Kier alpha value is -1.73. The van der Waals surface area contributed by atoms with Crippen molar-refractivity contribution in [2.45, 2.75) is 25.3 Å². The molecule has 19 heavy (non-hydrogen) atoms. The first-order valence-corrected chi connectivity index (χ1v) is 6.60. The molecule has 1 atom stereocenters. The highest BCUT2D eigenvalue weighted by molar-refractivity contribution is 6.32. The van der Waals surface area contributed by atoms with Crippen LogP contribution in [0.2, 0.25) is 5.02 Å². The predicted octanol–water partition coefficient (Wildman–Crippen LogP) is 2.74. The molecule has 1 heterocycles. The number of esters is 1. The molecule has 4 nitrogen and oxygen atoms in total. The maximum Gasteiger partial charge on any atom is 0.328 e. The van der Waals surface area contributed by atoms with Gasteiger partial charge >= 0.3 is 5.97 Å². The molecule has 100 valence electrons. The van der Waals surface area contributed by atoms with E-state index in [0.717, 1.165) is 25.8 Å². The summed E-state index contributed by atoms with van der Waals surface area (Å²) >= 11 is 6.04. The molecule has 0 radical (unpaired) electrons. The number of anilines is 1. The second-order valence-corrected chi connectivity index (χ2v) is 4.88. The van der Waals surface area contributed by atoms with E-state index >= 15 is 0 Å². The molecule has 1 aliphatic rings. The monoisotopic (exact) mass is 278 g/mol. The Morgan fingerprint density at radius 1 is 1.53 bits per heavy atom.